The third-order valence-corrected chi connectivity index (χ3v) is 5.80. The Morgan fingerprint density at radius 1 is 1.06 bits per heavy atom. The van der Waals surface area contributed by atoms with Gasteiger partial charge in [0.1, 0.15) is 12.1 Å². The summed E-state index contributed by atoms with van der Waals surface area (Å²) >= 11 is 1.29. The smallest absolute Gasteiger partial charge is 0.256 e. The van der Waals surface area contributed by atoms with Crippen molar-refractivity contribution in [3.8, 4) is 0 Å². The molecule has 10 heteroatoms. The monoisotopic (exact) mass is 469 g/mol. The largest absolute Gasteiger partial charge is 0.325 e. The topological polar surface area (TPSA) is 107 Å². The molecule has 1 aromatic carbocycles. The van der Waals surface area contributed by atoms with Crippen molar-refractivity contribution in [2.75, 3.05) is 16.4 Å². The number of nitrogens with zero attached hydrogens (tertiary/aromatic N) is 5. The number of amides is 2. The summed E-state index contributed by atoms with van der Waals surface area (Å²) in [5, 5.41) is 18.9. The molecule has 0 radical (unpaired) electrons. The number of nitrogens with one attached hydrogen (secondary N) is 2. The average Bonchev–Trinajstić information content (AvgIpc) is 3.32. The molecule has 3 aromatic rings. The fourth-order valence-electron chi connectivity index (χ4n) is 3.01. The van der Waals surface area contributed by atoms with E-state index in [4.69, 9.17) is 5.10 Å². The molecule has 2 N–H and O–H groups in total. The van der Waals surface area contributed by atoms with Crippen LogP contribution in [0.25, 0.3) is 0 Å². The van der Waals surface area contributed by atoms with E-state index in [1.54, 1.807) is 35.2 Å². The molecule has 0 spiro atoms. The van der Waals surface area contributed by atoms with Crippen molar-refractivity contribution in [3.63, 3.8) is 0 Å². The lowest BCUT2D eigenvalue weighted by molar-refractivity contribution is -0.113. The Kier molecular flexibility index (Phi) is 6.97. The van der Waals surface area contributed by atoms with Gasteiger partial charge in [-0.1, -0.05) is 38.6 Å². The first kappa shape index (κ1) is 24.5. The summed E-state index contributed by atoms with van der Waals surface area (Å²) in [5.41, 5.74) is 1.43. The number of thioether (sulfide) groups is 1. The van der Waals surface area contributed by atoms with Crippen LogP contribution in [0.3, 0.4) is 0 Å². The van der Waals surface area contributed by atoms with Gasteiger partial charge < -0.3 is 15.2 Å². The van der Waals surface area contributed by atoms with Gasteiger partial charge >= 0.3 is 0 Å². The van der Waals surface area contributed by atoms with Crippen LogP contribution in [0.1, 0.15) is 57.6 Å². The van der Waals surface area contributed by atoms with Crippen molar-refractivity contribution in [1.29, 1.82) is 0 Å². The molecule has 9 nitrogen and oxygen atoms in total. The van der Waals surface area contributed by atoms with E-state index < -0.39 is 0 Å². The van der Waals surface area contributed by atoms with Gasteiger partial charge in [0.2, 0.25) is 5.91 Å². The molecule has 2 aromatic heterocycles. The zero-order valence-corrected chi connectivity index (χ0v) is 20.9. The quantitative estimate of drug-likeness (QED) is 0.528. The van der Waals surface area contributed by atoms with Crippen molar-refractivity contribution in [2.45, 2.75) is 57.7 Å². The molecule has 2 heterocycles. The van der Waals surface area contributed by atoms with Crippen molar-refractivity contribution < 1.29 is 9.59 Å². The Balaban J connectivity index is 1.71. The number of benzene rings is 1. The van der Waals surface area contributed by atoms with E-state index in [1.807, 2.05) is 38.6 Å². The third kappa shape index (κ3) is 6.22. The maximum Gasteiger partial charge on any atom is 0.256 e. The molecule has 0 saturated heterocycles. The van der Waals surface area contributed by atoms with Crippen LogP contribution < -0.4 is 10.6 Å². The Labute approximate surface area is 198 Å². The molecule has 2 amide bonds. The minimum absolute atomic E-state index is 0.150. The number of anilines is 2. The number of carbonyl (C=O) groups is 2. The van der Waals surface area contributed by atoms with E-state index in [0.29, 0.717) is 22.2 Å². The highest BCUT2D eigenvalue weighted by Crippen LogP contribution is 2.28. The second-order valence-electron chi connectivity index (χ2n) is 9.84. The molecular weight excluding hydrogens is 438 g/mol. The van der Waals surface area contributed by atoms with Crippen LogP contribution in [-0.4, -0.2) is 42.1 Å². The molecule has 0 fully saturated rings. The average molecular weight is 470 g/mol. The van der Waals surface area contributed by atoms with Crippen molar-refractivity contribution in [3.05, 3.63) is 47.9 Å². The van der Waals surface area contributed by atoms with Crippen molar-refractivity contribution >= 4 is 35.1 Å². The number of hydrogen-bond donors (Lipinski definition) is 2. The summed E-state index contributed by atoms with van der Waals surface area (Å²) in [4.78, 5) is 25.4. The van der Waals surface area contributed by atoms with E-state index in [1.165, 1.54) is 11.8 Å². The van der Waals surface area contributed by atoms with E-state index in [-0.39, 0.29) is 28.5 Å². The van der Waals surface area contributed by atoms with Gasteiger partial charge in [-0.15, -0.1) is 10.2 Å². The molecule has 176 valence electrons. The summed E-state index contributed by atoms with van der Waals surface area (Å²) in [6, 6.07) is 8.77. The van der Waals surface area contributed by atoms with Gasteiger partial charge in [-0.2, -0.15) is 5.10 Å². The van der Waals surface area contributed by atoms with Gasteiger partial charge in [0.05, 0.1) is 17.0 Å². The van der Waals surface area contributed by atoms with E-state index in [2.05, 4.69) is 41.6 Å². The molecule has 33 heavy (non-hydrogen) atoms. The van der Waals surface area contributed by atoms with Gasteiger partial charge in [-0.05, 0) is 39.0 Å². The van der Waals surface area contributed by atoms with Crippen molar-refractivity contribution in [2.24, 2.45) is 7.05 Å². The standard InChI is InChI=1S/C23H31N7O2S/c1-22(2,3)17-12-18(30(28-17)23(4,5)6)26-20(32)15-9-8-10-16(11-15)25-19(31)13-33-21-27-24-14-29(21)7/h8-12,14H,13H2,1-7H3,(H,25,31)(H,26,32). The minimum atomic E-state index is -0.303. The molecule has 0 saturated carbocycles. The fourth-order valence-corrected chi connectivity index (χ4v) is 3.69. The number of carbonyl (C=O) groups excluding carboxylic acids is 2. The number of rotatable bonds is 6. The van der Waals surface area contributed by atoms with Gasteiger partial charge in [0, 0.05) is 29.8 Å². The van der Waals surface area contributed by atoms with E-state index in [0.717, 1.165) is 5.69 Å². The molecule has 0 atom stereocenters. The molecule has 0 unspecified atom stereocenters. The van der Waals surface area contributed by atoms with Crippen LogP contribution in [0.15, 0.2) is 41.8 Å². The van der Waals surface area contributed by atoms with E-state index in [9.17, 15) is 9.59 Å². The van der Waals surface area contributed by atoms with Gasteiger partial charge in [0.15, 0.2) is 5.16 Å². The Morgan fingerprint density at radius 2 is 1.79 bits per heavy atom. The van der Waals surface area contributed by atoms with Crippen LogP contribution in [0.4, 0.5) is 11.5 Å². The molecule has 0 aliphatic carbocycles. The predicted octanol–water partition coefficient (Wildman–Crippen LogP) is 4.05. The highest BCUT2D eigenvalue weighted by molar-refractivity contribution is 7.99. The maximum absolute atomic E-state index is 13.0. The summed E-state index contributed by atoms with van der Waals surface area (Å²) in [6.45, 7) is 12.4. The van der Waals surface area contributed by atoms with Crippen LogP contribution in [-0.2, 0) is 22.8 Å². The molecule has 3 rings (SSSR count). The van der Waals surface area contributed by atoms with Crippen LogP contribution in [0, 0.1) is 0 Å². The number of aryl methyl sites for hydroxylation is 1. The normalized spacial score (nSPS) is 12.0. The Morgan fingerprint density at radius 3 is 2.39 bits per heavy atom. The number of aromatic nitrogens is 5. The van der Waals surface area contributed by atoms with Crippen LogP contribution >= 0.6 is 11.8 Å². The Hall–Kier alpha value is -3.14. The summed E-state index contributed by atoms with van der Waals surface area (Å²) in [6.07, 6.45) is 1.58. The third-order valence-electron chi connectivity index (χ3n) is 4.77. The van der Waals surface area contributed by atoms with Crippen LogP contribution in [0.5, 0.6) is 0 Å². The lowest BCUT2D eigenvalue weighted by atomic mass is 9.92. The highest BCUT2D eigenvalue weighted by Gasteiger charge is 2.26. The zero-order valence-electron chi connectivity index (χ0n) is 20.1. The van der Waals surface area contributed by atoms with Crippen molar-refractivity contribution in [1.82, 2.24) is 24.5 Å². The van der Waals surface area contributed by atoms with Gasteiger partial charge in [-0.3, -0.25) is 9.59 Å². The molecule has 0 aliphatic rings. The highest BCUT2D eigenvalue weighted by atomic mass is 32.2. The lowest BCUT2D eigenvalue weighted by Gasteiger charge is -2.23. The fraction of sp³-hybridized carbons (Fsp3) is 0.435. The minimum Gasteiger partial charge on any atom is -0.325 e. The first-order valence-electron chi connectivity index (χ1n) is 10.6. The lowest BCUT2D eigenvalue weighted by Crippen LogP contribution is -2.27. The summed E-state index contributed by atoms with van der Waals surface area (Å²) in [7, 11) is 1.82. The first-order chi connectivity index (χ1) is 15.3. The van der Waals surface area contributed by atoms with Gasteiger partial charge in [0.25, 0.3) is 5.91 Å². The van der Waals surface area contributed by atoms with Gasteiger partial charge in [-0.25, -0.2) is 4.68 Å². The van der Waals surface area contributed by atoms with E-state index >= 15 is 0 Å². The number of hydrogen-bond acceptors (Lipinski definition) is 6. The second kappa shape index (κ2) is 9.38. The Bertz CT molecular complexity index is 1150. The SMILES string of the molecule is Cn1cnnc1SCC(=O)Nc1cccc(C(=O)Nc2cc(C(C)(C)C)nn2C(C)(C)C)c1. The first-order valence-corrected chi connectivity index (χ1v) is 11.6. The summed E-state index contributed by atoms with van der Waals surface area (Å²) in [5.74, 6) is 0.349. The second-order valence-corrected chi connectivity index (χ2v) is 10.8. The summed E-state index contributed by atoms with van der Waals surface area (Å²) < 4.78 is 3.58. The molecule has 0 bridgehead atoms. The zero-order chi connectivity index (χ0) is 24.4. The van der Waals surface area contributed by atoms with Crippen LogP contribution in [0.2, 0.25) is 0 Å². The molecular formula is C23H31N7O2S. The molecule has 0 aliphatic heterocycles. The maximum atomic E-state index is 13.0. The predicted molar refractivity (Wildman–Crippen MR) is 131 cm³/mol.